The molecular formula is C11H14ClN2O2-. The second-order valence-electron chi connectivity index (χ2n) is 3.48. The molecule has 0 bridgehead atoms. The number of rotatable bonds is 3. The van der Waals surface area contributed by atoms with E-state index in [-0.39, 0.29) is 18.3 Å². The monoisotopic (exact) mass is 241 g/mol. The molecule has 0 spiro atoms. The standard InChI is InChI=1S/C11H13N2O2.ClH/c1-2-7(12)10(14)11-13-8-5-3-4-6-9(8)15-11;/h3-7,10,12,14H,2H2,1H3;1H/q-1;/t7-,10?;/m0./s1. The van der Waals surface area contributed by atoms with Crippen molar-refractivity contribution < 1.29 is 9.52 Å². The van der Waals surface area contributed by atoms with Crippen LogP contribution in [0.2, 0.25) is 0 Å². The lowest BCUT2D eigenvalue weighted by atomic mass is 10.1. The molecule has 1 aromatic carbocycles. The van der Waals surface area contributed by atoms with Gasteiger partial charge in [-0.3, -0.25) is 0 Å². The fraction of sp³-hybridized carbons (Fsp3) is 0.364. The summed E-state index contributed by atoms with van der Waals surface area (Å²) in [6, 6.07) is 6.74. The van der Waals surface area contributed by atoms with Crippen molar-refractivity contribution in [1.82, 2.24) is 4.98 Å². The number of nitrogens with zero attached hydrogens (tertiary/aromatic N) is 1. The molecule has 2 atom stereocenters. The summed E-state index contributed by atoms with van der Waals surface area (Å²) in [5.74, 6) is 0.234. The minimum atomic E-state index is -0.942. The fourth-order valence-corrected chi connectivity index (χ4v) is 1.41. The van der Waals surface area contributed by atoms with Crippen molar-refractivity contribution in [3.8, 4) is 0 Å². The number of nitrogens with one attached hydrogen (secondary N) is 1. The van der Waals surface area contributed by atoms with Gasteiger partial charge in [0.15, 0.2) is 5.58 Å². The first-order chi connectivity index (χ1) is 7.22. The van der Waals surface area contributed by atoms with Gasteiger partial charge in [-0.25, -0.2) is 4.98 Å². The van der Waals surface area contributed by atoms with Gasteiger partial charge in [0.25, 0.3) is 0 Å². The van der Waals surface area contributed by atoms with E-state index >= 15 is 0 Å². The molecule has 0 aliphatic heterocycles. The average molecular weight is 242 g/mol. The number of hydrogen-bond donors (Lipinski definition) is 1. The van der Waals surface area contributed by atoms with Gasteiger partial charge in [-0.05, 0) is 12.1 Å². The van der Waals surface area contributed by atoms with Crippen LogP contribution in [-0.2, 0) is 0 Å². The molecule has 0 saturated heterocycles. The van der Waals surface area contributed by atoms with Crippen molar-refractivity contribution in [2.45, 2.75) is 25.5 Å². The van der Waals surface area contributed by atoms with Crippen molar-refractivity contribution in [2.24, 2.45) is 0 Å². The third-order valence-corrected chi connectivity index (χ3v) is 2.38. The summed E-state index contributed by atoms with van der Waals surface area (Å²) < 4.78 is 5.37. The Balaban J connectivity index is 0.00000128. The summed E-state index contributed by atoms with van der Waals surface area (Å²) in [4.78, 5) is 4.14. The van der Waals surface area contributed by atoms with Crippen molar-refractivity contribution in [2.75, 3.05) is 0 Å². The number of aromatic nitrogens is 1. The van der Waals surface area contributed by atoms with Crippen LogP contribution in [0.5, 0.6) is 0 Å². The van der Waals surface area contributed by atoms with Gasteiger partial charge in [-0.1, -0.05) is 25.5 Å². The third kappa shape index (κ3) is 2.35. The third-order valence-electron chi connectivity index (χ3n) is 2.38. The van der Waals surface area contributed by atoms with Crippen LogP contribution in [0.4, 0.5) is 0 Å². The van der Waals surface area contributed by atoms with Gasteiger partial charge < -0.3 is 15.3 Å². The van der Waals surface area contributed by atoms with E-state index in [4.69, 9.17) is 10.2 Å². The molecule has 0 aliphatic rings. The maximum absolute atomic E-state index is 9.75. The first-order valence-corrected chi connectivity index (χ1v) is 4.97. The normalized spacial score (nSPS) is 14.4. The number of oxazole rings is 1. The predicted octanol–water partition coefficient (Wildman–Crippen LogP) is 3.11. The van der Waals surface area contributed by atoms with Crippen molar-refractivity contribution in [1.29, 1.82) is 0 Å². The number of aliphatic hydroxyl groups excluding tert-OH is 1. The number of halogens is 1. The van der Waals surface area contributed by atoms with Crippen LogP contribution < -0.4 is 0 Å². The lowest BCUT2D eigenvalue weighted by Crippen LogP contribution is -2.13. The van der Waals surface area contributed by atoms with Gasteiger partial charge >= 0.3 is 0 Å². The van der Waals surface area contributed by atoms with Gasteiger partial charge in [0.1, 0.15) is 11.6 Å². The van der Waals surface area contributed by atoms with Crippen molar-refractivity contribution in [3.05, 3.63) is 35.9 Å². The second kappa shape index (κ2) is 5.30. The Bertz CT molecular complexity index is 425. The van der Waals surface area contributed by atoms with E-state index in [9.17, 15) is 5.11 Å². The highest BCUT2D eigenvalue weighted by Gasteiger charge is 2.16. The van der Waals surface area contributed by atoms with Crippen LogP contribution in [0.1, 0.15) is 25.3 Å². The zero-order valence-electron chi connectivity index (χ0n) is 8.88. The smallest absolute Gasteiger partial charge is 0.222 e. The van der Waals surface area contributed by atoms with Crippen molar-refractivity contribution in [3.63, 3.8) is 0 Å². The van der Waals surface area contributed by atoms with Gasteiger partial charge in [-0.2, -0.15) is 0 Å². The summed E-state index contributed by atoms with van der Waals surface area (Å²) in [5.41, 5.74) is 8.95. The summed E-state index contributed by atoms with van der Waals surface area (Å²) in [7, 11) is 0. The van der Waals surface area contributed by atoms with E-state index in [2.05, 4.69) is 4.98 Å². The Labute approximate surface area is 99.9 Å². The van der Waals surface area contributed by atoms with Gasteiger partial charge in [-0.15, -0.1) is 18.4 Å². The molecule has 16 heavy (non-hydrogen) atoms. The number of hydrogen-bond acceptors (Lipinski definition) is 3. The molecule has 0 fully saturated rings. The van der Waals surface area contributed by atoms with Gasteiger partial charge in [0.05, 0.1) is 0 Å². The average Bonchev–Trinajstić information content (AvgIpc) is 2.70. The van der Waals surface area contributed by atoms with Gasteiger partial charge in [0.2, 0.25) is 5.89 Å². The Morgan fingerprint density at radius 2 is 2.12 bits per heavy atom. The molecule has 2 N–H and O–H groups in total. The molecule has 2 aromatic rings. The van der Waals surface area contributed by atoms with E-state index in [0.29, 0.717) is 12.0 Å². The maximum Gasteiger partial charge on any atom is 0.222 e. The quantitative estimate of drug-likeness (QED) is 0.898. The van der Waals surface area contributed by atoms with Crippen LogP contribution in [0.3, 0.4) is 0 Å². The summed E-state index contributed by atoms with van der Waals surface area (Å²) in [6.07, 6.45) is -0.373. The largest absolute Gasteiger partial charge is 0.672 e. The Morgan fingerprint density at radius 3 is 2.75 bits per heavy atom. The molecule has 1 aromatic heterocycles. The first-order valence-electron chi connectivity index (χ1n) is 4.97. The molecule has 0 radical (unpaired) electrons. The molecule has 0 saturated carbocycles. The van der Waals surface area contributed by atoms with Crippen LogP contribution in [-0.4, -0.2) is 16.1 Å². The lowest BCUT2D eigenvalue weighted by Gasteiger charge is -2.21. The molecule has 0 aliphatic carbocycles. The van der Waals surface area contributed by atoms with Gasteiger partial charge in [0, 0.05) is 0 Å². The van der Waals surface area contributed by atoms with E-state index in [1.165, 1.54) is 0 Å². The minimum absolute atomic E-state index is 0. The summed E-state index contributed by atoms with van der Waals surface area (Å²) >= 11 is 0. The molecule has 88 valence electrons. The van der Waals surface area contributed by atoms with Crippen LogP contribution in [0.15, 0.2) is 28.7 Å². The minimum Gasteiger partial charge on any atom is -0.672 e. The number of aliphatic hydroxyl groups is 1. The molecule has 0 amide bonds. The highest BCUT2D eigenvalue weighted by atomic mass is 35.5. The molecule has 1 unspecified atom stereocenters. The second-order valence-corrected chi connectivity index (χ2v) is 3.48. The van der Waals surface area contributed by atoms with E-state index in [1.807, 2.05) is 25.1 Å². The summed E-state index contributed by atoms with van der Waals surface area (Å²) in [5, 5.41) is 9.75. The maximum atomic E-state index is 9.75. The lowest BCUT2D eigenvalue weighted by molar-refractivity contribution is 0.129. The first kappa shape index (κ1) is 13.0. The highest BCUT2D eigenvalue weighted by Crippen LogP contribution is 2.24. The zero-order valence-corrected chi connectivity index (χ0v) is 9.70. The SMILES string of the molecule is CC[C@H]([NH-])C(O)c1nc2ccccc2o1.Cl. The van der Waals surface area contributed by atoms with E-state index in [0.717, 1.165) is 5.52 Å². The van der Waals surface area contributed by atoms with E-state index in [1.54, 1.807) is 6.07 Å². The number of benzene rings is 1. The number of fused-ring (bicyclic) bond motifs is 1. The van der Waals surface area contributed by atoms with Crippen LogP contribution in [0, 0.1) is 0 Å². The Hall–Kier alpha value is -1.10. The van der Waals surface area contributed by atoms with Crippen LogP contribution >= 0.6 is 12.4 Å². The molecular weight excluding hydrogens is 228 g/mol. The molecule has 2 rings (SSSR count). The fourth-order valence-electron chi connectivity index (χ4n) is 1.41. The summed E-state index contributed by atoms with van der Waals surface area (Å²) in [6.45, 7) is 1.85. The van der Waals surface area contributed by atoms with Crippen molar-refractivity contribution >= 4 is 23.5 Å². The molecule has 5 heteroatoms. The van der Waals surface area contributed by atoms with E-state index < -0.39 is 12.1 Å². The number of para-hydroxylation sites is 2. The zero-order chi connectivity index (χ0) is 10.8. The molecule has 4 nitrogen and oxygen atoms in total. The topological polar surface area (TPSA) is 70.1 Å². The Kier molecular flexibility index (Phi) is 4.29. The predicted molar refractivity (Wildman–Crippen MR) is 64.6 cm³/mol. The Morgan fingerprint density at radius 1 is 1.44 bits per heavy atom. The molecule has 1 heterocycles. The van der Waals surface area contributed by atoms with Crippen LogP contribution in [0.25, 0.3) is 16.8 Å². The highest BCUT2D eigenvalue weighted by molar-refractivity contribution is 5.85.